The Labute approximate surface area is 106 Å². The summed E-state index contributed by atoms with van der Waals surface area (Å²) >= 11 is 0. The number of nitrogens with one attached hydrogen (secondary N) is 1. The lowest BCUT2D eigenvalue weighted by Crippen LogP contribution is -2.39. The van der Waals surface area contributed by atoms with Crippen LogP contribution in [0.1, 0.15) is 46.5 Å². The number of hydrogen-bond acceptors (Lipinski definition) is 2. The first kappa shape index (κ1) is 14.3. The van der Waals surface area contributed by atoms with Gasteiger partial charge < -0.3 is 16.0 Å². The molecule has 1 unspecified atom stereocenters. The van der Waals surface area contributed by atoms with Crippen LogP contribution in [0.2, 0.25) is 0 Å². The molecule has 0 amide bonds. The Bertz CT molecular complexity index is 238. The Hall–Kier alpha value is -0.770. The minimum Gasteiger partial charge on any atom is -0.370 e. The molecule has 0 radical (unpaired) electrons. The number of guanidine groups is 1. The van der Waals surface area contributed by atoms with Gasteiger partial charge in [0, 0.05) is 25.2 Å². The van der Waals surface area contributed by atoms with Crippen molar-refractivity contribution in [1.29, 1.82) is 0 Å². The van der Waals surface area contributed by atoms with Crippen molar-refractivity contribution in [2.75, 3.05) is 19.6 Å². The van der Waals surface area contributed by atoms with Gasteiger partial charge in [0.1, 0.15) is 0 Å². The maximum absolute atomic E-state index is 5.75. The van der Waals surface area contributed by atoms with Gasteiger partial charge >= 0.3 is 0 Å². The van der Waals surface area contributed by atoms with Gasteiger partial charge in [-0.15, -0.1) is 0 Å². The van der Waals surface area contributed by atoms with Crippen LogP contribution in [0.25, 0.3) is 0 Å². The number of hydrogen-bond donors (Lipinski definition) is 2. The lowest BCUT2D eigenvalue weighted by molar-refractivity contribution is 0.160. The molecular weight excluding hydrogens is 212 g/mol. The summed E-state index contributed by atoms with van der Waals surface area (Å²) in [4.78, 5) is 6.90. The van der Waals surface area contributed by atoms with Crippen LogP contribution in [0.15, 0.2) is 4.99 Å². The molecule has 1 rings (SSSR count). The van der Waals surface area contributed by atoms with E-state index in [-0.39, 0.29) is 0 Å². The summed E-state index contributed by atoms with van der Waals surface area (Å²) in [6, 6.07) is 1.11. The summed E-state index contributed by atoms with van der Waals surface area (Å²) in [6.07, 6.45) is 5.19. The average molecular weight is 240 g/mol. The summed E-state index contributed by atoms with van der Waals surface area (Å²) in [5, 5.41) is 3.10. The summed E-state index contributed by atoms with van der Waals surface area (Å²) in [5.74, 6) is 0.576. The van der Waals surface area contributed by atoms with E-state index in [0.717, 1.165) is 25.6 Å². The molecule has 1 aliphatic rings. The van der Waals surface area contributed by atoms with Crippen LogP contribution in [0.3, 0.4) is 0 Å². The highest BCUT2D eigenvalue weighted by atomic mass is 15.2. The van der Waals surface area contributed by atoms with Crippen LogP contribution in [-0.2, 0) is 0 Å². The quantitative estimate of drug-likeness (QED) is 0.436. The van der Waals surface area contributed by atoms with Gasteiger partial charge in [-0.25, -0.2) is 0 Å². The molecule has 0 aromatic carbocycles. The Kier molecular flexibility index (Phi) is 6.34. The van der Waals surface area contributed by atoms with Crippen molar-refractivity contribution in [3.05, 3.63) is 0 Å². The number of piperidine rings is 1. The second-order valence-corrected chi connectivity index (χ2v) is 5.30. The summed E-state index contributed by atoms with van der Waals surface area (Å²) in [7, 11) is 0. The molecule has 0 bridgehead atoms. The summed E-state index contributed by atoms with van der Waals surface area (Å²) < 4.78 is 0. The van der Waals surface area contributed by atoms with E-state index in [9.17, 15) is 0 Å². The van der Waals surface area contributed by atoms with Crippen molar-refractivity contribution in [2.45, 2.75) is 58.5 Å². The maximum atomic E-state index is 5.75. The van der Waals surface area contributed by atoms with Crippen LogP contribution in [-0.4, -0.2) is 42.6 Å². The Morgan fingerprint density at radius 3 is 2.88 bits per heavy atom. The molecule has 3 N–H and O–H groups in total. The Morgan fingerprint density at radius 2 is 2.24 bits per heavy atom. The first-order valence-corrected chi connectivity index (χ1v) is 6.90. The van der Waals surface area contributed by atoms with E-state index < -0.39 is 0 Å². The molecule has 0 aromatic rings. The molecule has 17 heavy (non-hydrogen) atoms. The minimum absolute atomic E-state index is 0.362. The van der Waals surface area contributed by atoms with E-state index in [4.69, 9.17) is 5.73 Å². The van der Waals surface area contributed by atoms with E-state index in [2.05, 4.69) is 36.0 Å². The van der Waals surface area contributed by atoms with Gasteiger partial charge in [-0.05, 0) is 46.6 Å². The van der Waals surface area contributed by atoms with Crippen LogP contribution in [0.5, 0.6) is 0 Å². The molecule has 0 saturated carbocycles. The SMILES string of the molecule is CC(C)NC(N)=NCCCN1CCCCC1C. The molecule has 1 heterocycles. The van der Waals surface area contributed by atoms with Gasteiger partial charge in [-0.1, -0.05) is 6.42 Å². The number of likely N-dealkylation sites (tertiary alicyclic amines) is 1. The van der Waals surface area contributed by atoms with E-state index in [1.165, 1.54) is 25.8 Å². The Balaban J connectivity index is 2.14. The average Bonchev–Trinajstić information content (AvgIpc) is 2.25. The monoisotopic (exact) mass is 240 g/mol. The van der Waals surface area contributed by atoms with Crippen molar-refractivity contribution in [2.24, 2.45) is 10.7 Å². The molecular formula is C13H28N4. The largest absolute Gasteiger partial charge is 0.370 e. The molecule has 0 aliphatic carbocycles. The highest BCUT2D eigenvalue weighted by Crippen LogP contribution is 2.16. The minimum atomic E-state index is 0.362. The lowest BCUT2D eigenvalue weighted by atomic mass is 10.0. The highest BCUT2D eigenvalue weighted by Gasteiger charge is 2.16. The summed E-state index contributed by atoms with van der Waals surface area (Å²) in [5.41, 5.74) is 5.75. The second-order valence-electron chi connectivity index (χ2n) is 5.30. The third-order valence-corrected chi connectivity index (χ3v) is 3.26. The van der Waals surface area contributed by atoms with E-state index in [1.807, 2.05) is 0 Å². The van der Waals surface area contributed by atoms with Crippen molar-refractivity contribution < 1.29 is 0 Å². The molecule has 1 fully saturated rings. The van der Waals surface area contributed by atoms with Crippen molar-refractivity contribution in [1.82, 2.24) is 10.2 Å². The first-order chi connectivity index (χ1) is 8.09. The number of aliphatic imine (C=N–C) groups is 1. The van der Waals surface area contributed by atoms with Crippen LogP contribution in [0.4, 0.5) is 0 Å². The molecule has 1 saturated heterocycles. The van der Waals surface area contributed by atoms with Crippen LogP contribution >= 0.6 is 0 Å². The van der Waals surface area contributed by atoms with E-state index in [1.54, 1.807) is 0 Å². The molecule has 4 nitrogen and oxygen atoms in total. The summed E-state index contributed by atoms with van der Waals surface area (Å²) in [6.45, 7) is 9.70. The van der Waals surface area contributed by atoms with Crippen LogP contribution in [0, 0.1) is 0 Å². The molecule has 4 heteroatoms. The first-order valence-electron chi connectivity index (χ1n) is 6.90. The zero-order valence-electron chi connectivity index (χ0n) is 11.6. The third kappa shape index (κ3) is 5.91. The number of nitrogens with zero attached hydrogens (tertiary/aromatic N) is 2. The van der Waals surface area contributed by atoms with Gasteiger partial charge in [0.05, 0.1) is 0 Å². The Morgan fingerprint density at radius 1 is 1.47 bits per heavy atom. The maximum Gasteiger partial charge on any atom is 0.188 e. The topological polar surface area (TPSA) is 53.6 Å². The lowest BCUT2D eigenvalue weighted by Gasteiger charge is -2.33. The fraction of sp³-hybridized carbons (Fsp3) is 0.923. The zero-order chi connectivity index (χ0) is 12.7. The van der Waals surface area contributed by atoms with E-state index >= 15 is 0 Å². The second kappa shape index (κ2) is 7.54. The molecule has 1 aliphatic heterocycles. The van der Waals surface area contributed by atoms with Gasteiger partial charge in [0.25, 0.3) is 0 Å². The fourth-order valence-corrected chi connectivity index (χ4v) is 2.30. The van der Waals surface area contributed by atoms with Crippen molar-refractivity contribution >= 4 is 5.96 Å². The van der Waals surface area contributed by atoms with Gasteiger partial charge in [-0.2, -0.15) is 0 Å². The normalized spacial score (nSPS) is 23.1. The smallest absolute Gasteiger partial charge is 0.188 e. The predicted octanol–water partition coefficient (Wildman–Crippen LogP) is 1.56. The van der Waals surface area contributed by atoms with Crippen molar-refractivity contribution in [3.8, 4) is 0 Å². The zero-order valence-corrected chi connectivity index (χ0v) is 11.6. The van der Waals surface area contributed by atoms with Gasteiger partial charge in [-0.3, -0.25) is 4.99 Å². The van der Waals surface area contributed by atoms with Crippen LogP contribution < -0.4 is 11.1 Å². The standard InChI is InChI=1S/C13H28N4/c1-11(2)16-13(14)15-8-6-10-17-9-5-4-7-12(17)3/h11-12H,4-10H2,1-3H3,(H3,14,15,16). The fourth-order valence-electron chi connectivity index (χ4n) is 2.30. The molecule has 0 spiro atoms. The number of rotatable bonds is 5. The highest BCUT2D eigenvalue weighted by molar-refractivity contribution is 5.77. The molecule has 1 atom stereocenters. The number of nitrogens with two attached hydrogens (primary N) is 1. The predicted molar refractivity (Wildman–Crippen MR) is 74.3 cm³/mol. The molecule has 100 valence electrons. The molecule has 0 aromatic heterocycles. The van der Waals surface area contributed by atoms with Gasteiger partial charge in [0.15, 0.2) is 5.96 Å². The van der Waals surface area contributed by atoms with Gasteiger partial charge in [0.2, 0.25) is 0 Å². The van der Waals surface area contributed by atoms with Crippen molar-refractivity contribution in [3.63, 3.8) is 0 Å². The van der Waals surface area contributed by atoms with E-state index in [0.29, 0.717) is 12.0 Å². The third-order valence-electron chi connectivity index (χ3n) is 3.26.